The minimum atomic E-state index is -0.888. The Morgan fingerprint density at radius 3 is 2.70 bits per heavy atom. The molecule has 0 spiro atoms. The summed E-state index contributed by atoms with van der Waals surface area (Å²) < 4.78 is 11.2. The molecule has 6 nitrogen and oxygen atoms in total. The zero-order valence-corrected chi connectivity index (χ0v) is 15.2. The van der Waals surface area contributed by atoms with Crippen molar-refractivity contribution in [2.75, 3.05) is 13.7 Å². The number of phenolic OH excluding ortho intramolecular Hbond substituents is 1. The number of carboxylic acid groups (broad SMARTS) is 1. The summed E-state index contributed by atoms with van der Waals surface area (Å²) in [5, 5.41) is 20.2. The third kappa shape index (κ3) is 4.11. The van der Waals surface area contributed by atoms with Crippen molar-refractivity contribution < 1.29 is 24.2 Å². The summed E-state index contributed by atoms with van der Waals surface area (Å²) in [6.45, 7) is 2.25. The predicted octanol–water partition coefficient (Wildman–Crippen LogP) is 3.75. The fourth-order valence-corrected chi connectivity index (χ4v) is 2.81. The maximum atomic E-state index is 10.8. The first-order valence-corrected chi connectivity index (χ1v) is 8.68. The van der Waals surface area contributed by atoms with E-state index in [2.05, 4.69) is 11.9 Å². The van der Waals surface area contributed by atoms with Gasteiger partial charge in [0.2, 0.25) is 0 Å². The van der Waals surface area contributed by atoms with Crippen LogP contribution >= 0.6 is 0 Å². The summed E-state index contributed by atoms with van der Waals surface area (Å²) in [6.07, 6.45) is 0.838. The Bertz CT molecular complexity index is 1050. The van der Waals surface area contributed by atoms with Gasteiger partial charge in [-0.15, -0.1) is 0 Å². The van der Waals surface area contributed by atoms with E-state index in [1.807, 2.05) is 18.2 Å². The molecule has 0 aliphatic rings. The van der Waals surface area contributed by atoms with E-state index in [4.69, 9.17) is 14.3 Å². The molecule has 0 saturated heterocycles. The first-order chi connectivity index (χ1) is 13.0. The van der Waals surface area contributed by atoms with Gasteiger partial charge in [-0.05, 0) is 42.3 Å². The van der Waals surface area contributed by atoms with Crippen molar-refractivity contribution in [1.82, 2.24) is 0 Å². The lowest BCUT2D eigenvalue weighted by atomic mass is 10.1. The van der Waals surface area contributed by atoms with E-state index in [9.17, 15) is 9.90 Å². The molecule has 0 aliphatic heterocycles. The van der Waals surface area contributed by atoms with Crippen LogP contribution in [-0.2, 0) is 11.2 Å². The molecule has 3 rings (SSSR count). The van der Waals surface area contributed by atoms with E-state index in [-0.39, 0.29) is 18.7 Å². The molecule has 2 aromatic carbocycles. The van der Waals surface area contributed by atoms with Crippen molar-refractivity contribution >= 4 is 16.9 Å². The van der Waals surface area contributed by atoms with Crippen molar-refractivity contribution in [1.29, 1.82) is 0 Å². The average Bonchev–Trinajstić information content (AvgIpc) is 2.67. The molecular weight excluding hydrogens is 346 g/mol. The van der Waals surface area contributed by atoms with Crippen LogP contribution in [0.5, 0.6) is 11.5 Å². The van der Waals surface area contributed by atoms with Crippen LogP contribution in [0.2, 0.25) is 0 Å². The van der Waals surface area contributed by atoms with Crippen LogP contribution in [0, 0.1) is 0 Å². The molecule has 0 atom stereocenters. The van der Waals surface area contributed by atoms with Crippen LogP contribution in [-0.4, -0.2) is 29.8 Å². The maximum Gasteiger partial charge on any atom is 0.305 e. The number of aliphatic carboxylic acids is 1. The van der Waals surface area contributed by atoms with Crippen molar-refractivity contribution in [2.24, 2.45) is 4.99 Å². The highest BCUT2D eigenvalue weighted by Crippen LogP contribution is 2.32. The molecule has 0 radical (unpaired) electrons. The number of nitrogens with zero attached hydrogens (tertiary/aromatic N) is 1. The van der Waals surface area contributed by atoms with E-state index < -0.39 is 5.97 Å². The summed E-state index contributed by atoms with van der Waals surface area (Å²) in [5.41, 5.74) is 2.53. The summed E-state index contributed by atoms with van der Waals surface area (Å²) in [5.74, 6) is 0.0510. The molecular formula is C21H21NO5. The van der Waals surface area contributed by atoms with Gasteiger partial charge in [-0.2, -0.15) is 0 Å². The zero-order chi connectivity index (χ0) is 19.4. The Morgan fingerprint density at radius 1 is 1.19 bits per heavy atom. The molecule has 0 unspecified atom stereocenters. The van der Waals surface area contributed by atoms with Gasteiger partial charge in [-0.25, -0.2) is 0 Å². The molecule has 2 N–H and O–H groups in total. The van der Waals surface area contributed by atoms with Crippen LogP contribution in [0.15, 0.2) is 51.9 Å². The molecule has 140 valence electrons. The van der Waals surface area contributed by atoms with E-state index in [1.54, 1.807) is 18.2 Å². The standard InChI is InChI=1S/C21H21NO5/c1-3-13-4-7-18-15(10-13)16(22-9-8-21(24)25)12-19(27-18)14-5-6-17(23)20(11-14)26-2/h4-7,10-12,23H,3,8-9H2,1-2H3,(H,24,25). The molecule has 6 heteroatoms. The highest BCUT2D eigenvalue weighted by atomic mass is 16.5. The van der Waals surface area contributed by atoms with Gasteiger partial charge in [0, 0.05) is 17.0 Å². The van der Waals surface area contributed by atoms with E-state index in [1.165, 1.54) is 13.2 Å². The van der Waals surface area contributed by atoms with Gasteiger partial charge in [0.25, 0.3) is 0 Å². The number of fused-ring (bicyclic) bond motifs is 1. The van der Waals surface area contributed by atoms with Crippen molar-refractivity contribution in [3.63, 3.8) is 0 Å². The molecule has 1 aromatic heterocycles. The number of ether oxygens (including phenoxy) is 1. The predicted molar refractivity (Wildman–Crippen MR) is 102 cm³/mol. The van der Waals surface area contributed by atoms with Gasteiger partial charge in [0.15, 0.2) is 11.5 Å². The van der Waals surface area contributed by atoms with Crippen LogP contribution in [0.25, 0.3) is 22.3 Å². The van der Waals surface area contributed by atoms with Crippen LogP contribution < -0.4 is 10.1 Å². The van der Waals surface area contributed by atoms with Crippen LogP contribution in [0.4, 0.5) is 0 Å². The number of carbonyl (C=O) groups is 1. The lowest BCUT2D eigenvalue weighted by Crippen LogP contribution is -2.07. The first-order valence-electron chi connectivity index (χ1n) is 8.68. The number of benzene rings is 2. The van der Waals surface area contributed by atoms with E-state index >= 15 is 0 Å². The Hall–Kier alpha value is -3.28. The second kappa shape index (κ2) is 7.95. The molecule has 0 fully saturated rings. The number of methoxy groups -OCH3 is 1. The quantitative estimate of drug-likeness (QED) is 0.692. The molecule has 0 saturated carbocycles. The molecule has 0 aliphatic carbocycles. The summed E-state index contributed by atoms with van der Waals surface area (Å²) in [7, 11) is 1.48. The summed E-state index contributed by atoms with van der Waals surface area (Å²) in [6, 6.07) is 12.6. The van der Waals surface area contributed by atoms with Gasteiger partial charge < -0.3 is 19.4 Å². The average molecular weight is 367 g/mol. The molecule has 3 aromatic rings. The number of aromatic hydroxyl groups is 1. The molecule has 0 amide bonds. The number of carboxylic acids is 1. The highest BCUT2D eigenvalue weighted by molar-refractivity contribution is 5.79. The number of phenols is 1. The SMILES string of the molecule is CCc1ccc2oc(-c3ccc(O)c(OC)c3)cc(=NCCC(=O)O)c2c1. The Kier molecular flexibility index (Phi) is 5.45. The molecule has 1 heterocycles. The van der Waals surface area contributed by atoms with Crippen molar-refractivity contribution in [2.45, 2.75) is 19.8 Å². The largest absolute Gasteiger partial charge is 0.504 e. The third-order valence-electron chi connectivity index (χ3n) is 4.29. The fraction of sp³-hybridized carbons (Fsp3) is 0.238. The Morgan fingerprint density at radius 2 is 2.00 bits per heavy atom. The lowest BCUT2D eigenvalue weighted by Gasteiger charge is -2.09. The smallest absolute Gasteiger partial charge is 0.305 e. The monoisotopic (exact) mass is 367 g/mol. The second-order valence-corrected chi connectivity index (χ2v) is 6.09. The van der Waals surface area contributed by atoms with Crippen molar-refractivity contribution in [3.05, 3.63) is 53.4 Å². The highest BCUT2D eigenvalue weighted by Gasteiger charge is 2.10. The second-order valence-electron chi connectivity index (χ2n) is 6.09. The van der Waals surface area contributed by atoms with Gasteiger partial charge in [0.05, 0.1) is 25.4 Å². The van der Waals surface area contributed by atoms with Crippen LogP contribution in [0.3, 0.4) is 0 Å². The number of rotatable bonds is 6. The van der Waals surface area contributed by atoms with Gasteiger partial charge >= 0.3 is 5.97 Å². The van der Waals surface area contributed by atoms with Crippen LogP contribution in [0.1, 0.15) is 18.9 Å². The van der Waals surface area contributed by atoms with E-state index in [0.29, 0.717) is 22.5 Å². The topological polar surface area (TPSA) is 92.3 Å². The van der Waals surface area contributed by atoms with E-state index in [0.717, 1.165) is 22.9 Å². The van der Waals surface area contributed by atoms with Gasteiger partial charge in [0.1, 0.15) is 11.3 Å². The number of hydrogen-bond acceptors (Lipinski definition) is 5. The maximum absolute atomic E-state index is 10.8. The number of hydrogen-bond donors (Lipinski definition) is 2. The molecule has 0 bridgehead atoms. The Balaban J connectivity index is 2.18. The minimum absolute atomic E-state index is 0.0383. The third-order valence-corrected chi connectivity index (χ3v) is 4.29. The van der Waals surface area contributed by atoms with Gasteiger partial charge in [-0.3, -0.25) is 9.79 Å². The first kappa shape index (κ1) is 18.5. The van der Waals surface area contributed by atoms with Crippen molar-refractivity contribution in [3.8, 4) is 22.8 Å². The minimum Gasteiger partial charge on any atom is -0.504 e. The summed E-state index contributed by atoms with van der Waals surface area (Å²) >= 11 is 0. The fourth-order valence-electron chi connectivity index (χ4n) is 2.81. The van der Waals surface area contributed by atoms with Gasteiger partial charge in [-0.1, -0.05) is 13.0 Å². The number of aryl methyl sites for hydroxylation is 1. The zero-order valence-electron chi connectivity index (χ0n) is 15.2. The normalized spacial score (nSPS) is 11.7. The lowest BCUT2D eigenvalue weighted by molar-refractivity contribution is -0.136. The summed E-state index contributed by atoms with van der Waals surface area (Å²) in [4.78, 5) is 15.3. The molecule has 27 heavy (non-hydrogen) atoms. The Labute approximate surface area is 156 Å².